The average molecular weight is 328 g/mol. The molecule has 114 valence electrons. The first kappa shape index (κ1) is 14.9. The van der Waals surface area contributed by atoms with Gasteiger partial charge in [0, 0.05) is 27.7 Å². The largest absolute Gasteiger partial charge is 0.335 e. The maximum atomic E-state index is 11.8. The number of aromatic nitrogens is 1. The smallest absolute Gasteiger partial charge is 0.328 e. The van der Waals surface area contributed by atoms with Crippen LogP contribution in [0.15, 0.2) is 30.0 Å². The van der Waals surface area contributed by atoms with Gasteiger partial charge in [-0.3, -0.25) is 20.2 Å². The van der Waals surface area contributed by atoms with E-state index in [1.165, 1.54) is 6.08 Å². The van der Waals surface area contributed by atoms with Crippen LogP contribution >= 0.6 is 11.6 Å². The number of carbonyl (C=O) groups excluding carboxylic acids is 3. The van der Waals surface area contributed by atoms with Gasteiger partial charge in [-0.1, -0.05) is 17.5 Å². The SMILES string of the molecule is C#CCn1cc(C=C2C(=O)NC(=O)NC2=O)c2cc(Cl)ccc21. The fraction of sp³-hybridized carbons (Fsp3) is 0.0625. The Labute approximate surface area is 136 Å². The van der Waals surface area contributed by atoms with Crippen LogP contribution in [0, 0.1) is 12.3 Å². The van der Waals surface area contributed by atoms with Crippen molar-refractivity contribution in [3.63, 3.8) is 0 Å². The van der Waals surface area contributed by atoms with Crippen LogP contribution in [0.5, 0.6) is 0 Å². The number of barbiturate groups is 1. The molecule has 1 aliphatic rings. The summed E-state index contributed by atoms with van der Waals surface area (Å²) in [5.74, 6) is 1.03. The highest BCUT2D eigenvalue weighted by atomic mass is 35.5. The van der Waals surface area contributed by atoms with Crippen LogP contribution < -0.4 is 10.6 Å². The Morgan fingerprint density at radius 3 is 2.57 bits per heavy atom. The van der Waals surface area contributed by atoms with Gasteiger partial charge in [0.05, 0.1) is 6.54 Å². The van der Waals surface area contributed by atoms with E-state index in [-0.39, 0.29) is 5.57 Å². The zero-order valence-electron chi connectivity index (χ0n) is 11.7. The Morgan fingerprint density at radius 1 is 1.22 bits per heavy atom. The zero-order valence-corrected chi connectivity index (χ0v) is 12.5. The number of hydrogen-bond donors (Lipinski definition) is 2. The molecule has 1 aromatic heterocycles. The third-order valence-electron chi connectivity index (χ3n) is 3.38. The van der Waals surface area contributed by atoms with Crippen molar-refractivity contribution in [1.29, 1.82) is 0 Å². The third kappa shape index (κ3) is 2.70. The Morgan fingerprint density at radius 2 is 1.91 bits per heavy atom. The predicted molar refractivity (Wildman–Crippen MR) is 85.4 cm³/mol. The first-order valence-electron chi connectivity index (χ1n) is 6.60. The summed E-state index contributed by atoms with van der Waals surface area (Å²) in [6.07, 6.45) is 8.49. The highest BCUT2D eigenvalue weighted by Crippen LogP contribution is 2.27. The molecular formula is C16H10ClN3O3. The lowest BCUT2D eigenvalue weighted by atomic mass is 10.1. The number of imide groups is 2. The van der Waals surface area contributed by atoms with Crippen LogP contribution in [0.1, 0.15) is 5.56 Å². The van der Waals surface area contributed by atoms with Gasteiger partial charge in [0.15, 0.2) is 0 Å². The van der Waals surface area contributed by atoms with Crippen molar-refractivity contribution in [3.8, 4) is 12.3 Å². The molecule has 0 spiro atoms. The lowest BCUT2D eigenvalue weighted by molar-refractivity contribution is -0.123. The summed E-state index contributed by atoms with van der Waals surface area (Å²) in [6, 6.07) is 4.42. The topological polar surface area (TPSA) is 80.2 Å². The molecule has 23 heavy (non-hydrogen) atoms. The number of halogens is 1. The molecule has 0 unspecified atom stereocenters. The number of carbonyl (C=O) groups is 3. The van der Waals surface area contributed by atoms with Crippen molar-refractivity contribution in [1.82, 2.24) is 15.2 Å². The van der Waals surface area contributed by atoms with Crippen LogP contribution in [0.25, 0.3) is 17.0 Å². The molecule has 2 N–H and O–H groups in total. The Hall–Kier alpha value is -3.04. The van der Waals surface area contributed by atoms with Gasteiger partial charge in [0.25, 0.3) is 11.8 Å². The molecule has 1 saturated heterocycles. The fourth-order valence-corrected chi connectivity index (χ4v) is 2.58. The second kappa shape index (κ2) is 5.63. The van der Waals surface area contributed by atoms with E-state index in [4.69, 9.17) is 18.0 Å². The number of terminal acetylenes is 1. The van der Waals surface area contributed by atoms with Crippen LogP contribution in [-0.2, 0) is 16.1 Å². The van der Waals surface area contributed by atoms with E-state index < -0.39 is 17.8 Å². The Bertz CT molecular complexity index is 912. The Kier molecular flexibility index (Phi) is 3.64. The quantitative estimate of drug-likeness (QED) is 0.500. The molecule has 6 nitrogen and oxygen atoms in total. The summed E-state index contributed by atoms with van der Waals surface area (Å²) in [5, 5.41) is 5.32. The van der Waals surface area contributed by atoms with Gasteiger partial charge in [-0.2, -0.15) is 0 Å². The lowest BCUT2D eigenvalue weighted by Crippen LogP contribution is -2.51. The van der Waals surface area contributed by atoms with Gasteiger partial charge < -0.3 is 4.57 Å². The van der Waals surface area contributed by atoms with Gasteiger partial charge >= 0.3 is 6.03 Å². The minimum atomic E-state index is -0.838. The minimum Gasteiger partial charge on any atom is -0.335 e. The van der Waals surface area contributed by atoms with E-state index in [1.54, 1.807) is 18.3 Å². The van der Waals surface area contributed by atoms with E-state index >= 15 is 0 Å². The summed E-state index contributed by atoms with van der Waals surface area (Å²) in [4.78, 5) is 34.8. The molecule has 0 bridgehead atoms. The van der Waals surface area contributed by atoms with Gasteiger partial charge in [0.2, 0.25) is 0 Å². The second-order valence-electron chi connectivity index (χ2n) is 4.87. The van der Waals surface area contributed by atoms with Crippen LogP contribution in [0.3, 0.4) is 0 Å². The summed E-state index contributed by atoms with van der Waals surface area (Å²) in [7, 11) is 0. The van der Waals surface area contributed by atoms with Gasteiger partial charge in [-0.05, 0) is 24.3 Å². The summed E-state index contributed by atoms with van der Waals surface area (Å²) in [6.45, 7) is 0.332. The van der Waals surface area contributed by atoms with Crippen molar-refractivity contribution >= 4 is 46.4 Å². The summed E-state index contributed by atoms with van der Waals surface area (Å²) >= 11 is 6.02. The lowest BCUT2D eigenvalue weighted by Gasteiger charge is -2.13. The molecule has 7 heteroatoms. The predicted octanol–water partition coefficient (Wildman–Crippen LogP) is 1.68. The molecular weight excluding hydrogens is 318 g/mol. The van der Waals surface area contributed by atoms with Crippen molar-refractivity contribution in [2.75, 3.05) is 0 Å². The van der Waals surface area contributed by atoms with Gasteiger partial charge in [0.1, 0.15) is 5.57 Å². The van der Waals surface area contributed by atoms with E-state index in [0.717, 1.165) is 10.9 Å². The maximum Gasteiger partial charge on any atom is 0.328 e. The number of nitrogens with one attached hydrogen (secondary N) is 2. The first-order valence-corrected chi connectivity index (χ1v) is 6.97. The molecule has 1 fully saturated rings. The standard InChI is InChI=1S/C16H10ClN3O3/c1-2-5-20-8-9(11-7-10(17)3-4-13(11)20)6-12-14(21)18-16(23)19-15(12)22/h1,3-4,6-8H,5H2,(H2,18,19,21,22,23). The van der Waals surface area contributed by atoms with Crippen molar-refractivity contribution < 1.29 is 14.4 Å². The number of fused-ring (bicyclic) bond motifs is 1. The molecule has 2 aromatic rings. The minimum absolute atomic E-state index is 0.163. The monoisotopic (exact) mass is 327 g/mol. The van der Waals surface area contributed by atoms with Crippen LogP contribution in [0.4, 0.5) is 4.79 Å². The molecule has 0 aliphatic carbocycles. The van der Waals surface area contributed by atoms with Crippen LogP contribution in [0.2, 0.25) is 5.02 Å². The highest BCUT2D eigenvalue weighted by molar-refractivity contribution is 6.32. The van der Waals surface area contributed by atoms with E-state index in [9.17, 15) is 14.4 Å². The van der Waals surface area contributed by atoms with Crippen LogP contribution in [-0.4, -0.2) is 22.4 Å². The normalized spacial score (nSPS) is 14.4. The summed E-state index contributed by atoms with van der Waals surface area (Å²) < 4.78 is 1.81. The molecule has 2 heterocycles. The number of urea groups is 1. The van der Waals surface area contributed by atoms with E-state index in [2.05, 4.69) is 5.92 Å². The fourth-order valence-electron chi connectivity index (χ4n) is 2.40. The number of hydrogen-bond acceptors (Lipinski definition) is 3. The molecule has 0 saturated carbocycles. The third-order valence-corrected chi connectivity index (χ3v) is 3.61. The van der Waals surface area contributed by atoms with Crippen molar-refractivity contribution in [3.05, 3.63) is 40.6 Å². The summed E-state index contributed by atoms with van der Waals surface area (Å²) in [5.41, 5.74) is 1.27. The zero-order chi connectivity index (χ0) is 16.6. The average Bonchev–Trinajstić information content (AvgIpc) is 2.80. The molecule has 0 radical (unpaired) electrons. The maximum absolute atomic E-state index is 11.8. The molecule has 1 aliphatic heterocycles. The van der Waals surface area contributed by atoms with Gasteiger partial charge in [-0.25, -0.2) is 4.79 Å². The number of benzene rings is 1. The van der Waals surface area contributed by atoms with E-state index in [1.807, 2.05) is 21.3 Å². The van der Waals surface area contributed by atoms with Crippen molar-refractivity contribution in [2.45, 2.75) is 6.54 Å². The van der Waals surface area contributed by atoms with Gasteiger partial charge in [-0.15, -0.1) is 6.42 Å². The first-order chi connectivity index (χ1) is 11.0. The second-order valence-corrected chi connectivity index (χ2v) is 5.31. The molecule has 4 amide bonds. The van der Waals surface area contributed by atoms with Crippen molar-refractivity contribution in [2.24, 2.45) is 0 Å². The molecule has 3 rings (SSSR count). The van der Waals surface area contributed by atoms with E-state index in [0.29, 0.717) is 17.1 Å². The number of rotatable bonds is 2. The Balaban J connectivity index is 2.16. The number of amides is 4. The molecule has 0 atom stereocenters. The highest BCUT2D eigenvalue weighted by Gasteiger charge is 2.28. The molecule has 1 aromatic carbocycles. The number of nitrogens with zero attached hydrogens (tertiary/aromatic N) is 1.